The number of amides is 1. The van der Waals surface area contributed by atoms with Crippen molar-refractivity contribution in [2.45, 2.75) is 64.0 Å². The molecule has 2 heterocycles. The lowest BCUT2D eigenvalue weighted by molar-refractivity contribution is -0.928. The third-order valence-corrected chi connectivity index (χ3v) is 7.16. The summed E-state index contributed by atoms with van der Waals surface area (Å²) in [4.78, 5) is 15.7. The van der Waals surface area contributed by atoms with Crippen molar-refractivity contribution in [3.05, 3.63) is 21.9 Å². The number of rotatable bonds is 4. The second-order valence-corrected chi connectivity index (χ2v) is 8.89. The Kier molecular flexibility index (Phi) is 4.46. The molecule has 0 spiro atoms. The molecule has 3 nitrogen and oxygen atoms in total. The maximum absolute atomic E-state index is 12.6. The first-order chi connectivity index (χ1) is 11.2. The van der Waals surface area contributed by atoms with E-state index in [0.717, 1.165) is 18.9 Å². The van der Waals surface area contributed by atoms with Crippen LogP contribution in [0.4, 0.5) is 0 Å². The van der Waals surface area contributed by atoms with Gasteiger partial charge in [-0.15, -0.1) is 11.3 Å². The van der Waals surface area contributed by atoms with Gasteiger partial charge in [-0.05, 0) is 43.0 Å². The predicted molar refractivity (Wildman–Crippen MR) is 93.7 cm³/mol. The predicted octanol–water partition coefficient (Wildman–Crippen LogP) is 2.34. The molecule has 2 fully saturated rings. The summed E-state index contributed by atoms with van der Waals surface area (Å²) >= 11 is 1.91. The van der Waals surface area contributed by atoms with Crippen molar-refractivity contribution in [2.24, 2.45) is 11.8 Å². The molecule has 4 rings (SSSR count). The Balaban J connectivity index is 1.40. The van der Waals surface area contributed by atoms with Crippen molar-refractivity contribution < 1.29 is 9.69 Å². The van der Waals surface area contributed by atoms with Crippen LogP contribution in [0.3, 0.4) is 0 Å². The molecule has 126 valence electrons. The highest BCUT2D eigenvalue weighted by atomic mass is 32.1. The number of thiophene rings is 1. The Bertz CT molecular complexity index is 565. The van der Waals surface area contributed by atoms with Crippen LogP contribution in [0.1, 0.15) is 61.9 Å². The van der Waals surface area contributed by atoms with Crippen molar-refractivity contribution in [3.63, 3.8) is 0 Å². The molecule has 0 radical (unpaired) electrons. The van der Waals surface area contributed by atoms with Gasteiger partial charge in [0, 0.05) is 28.8 Å². The highest BCUT2D eigenvalue weighted by Gasteiger charge is 2.43. The van der Waals surface area contributed by atoms with Gasteiger partial charge in [-0.1, -0.05) is 19.8 Å². The largest absolute Gasteiger partial charge is 0.348 e. The molecule has 2 aliphatic carbocycles. The van der Waals surface area contributed by atoms with Crippen LogP contribution < -0.4 is 10.2 Å². The van der Waals surface area contributed by atoms with Crippen LogP contribution in [-0.4, -0.2) is 25.0 Å². The number of quaternary nitrogens is 1. The molecule has 1 aliphatic heterocycles. The third-order valence-electron chi connectivity index (χ3n) is 6.17. The lowest BCUT2D eigenvalue weighted by Gasteiger charge is -2.34. The first-order valence-electron chi connectivity index (χ1n) is 9.42. The smallest absolute Gasteiger partial charge is 0.275 e. The lowest BCUT2D eigenvalue weighted by atomic mass is 9.86. The van der Waals surface area contributed by atoms with E-state index in [4.69, 9.17) is 0 Å². The SMILES string of the molecule is C[C@@H]1CCCC[C@H]1NC(=O)C[NH+]1CCc2sccc2[C@@H]1C1CC1. The molecule has 2 saturated carbocycles. The van der Waals surface area contributed by atoms with Crippen LogP contribution in [0.5, 0.6) is 0 Å². The molecular weight excluding hydrogens is 304 g/mol. The van der Waals surface area contributed by atoms with Crippen LogP contribution in [0, 0.1) is 11.8 Å². The summed E-state index contributed by atoms with van der Waals surface area (Å²) < 4.78 is 0. The number of carbonyl (C=O) groups excluding carboxylic acids is 1. The van der Waals surface area contributed by atoms with E-state index in [1.165, 1.54) is 43.4 Å². The molecule has 0 aromatic carbocycles. The summed E-state index contributed by atoms with van der Waals surface area (Å²) in [5.41, 5.74) is 1.55. The van der Waals surface area contributed by atoms with Gasteiger partial charge in [0.1, 0.15) is 6.04 Å². The van der Waals surface area contributed by atoms with E-state index in [1.807, 2.05) is 11.3 Å². The number of nitrogens with one attached hydrogen (secondary N) is 2. The first-order valence-corrected chi connectivity index (χ1v) is 10.3. The molecule has 4 heteroatoms. The zero-order valence-electron chi connectivity index (χ0n) is 14.1. The van der Waals surface area contributed by atoms with Gasteiger partial charge >= 0.3 is 0 Å². The molecular formula is C19H29N2OS+. The van der Waals surface area contributed by atoms with Gasteiger partial charge in [0.05, 0.1) is 6.54 Å². The second kappa shape index (κ2) is 6.56. The topological polar surface area (TPSA) is 33.5 Å². The van der Waals surface area contributed by atoms with Gasteiger partial charge in [0.25, 0.3) is 5.91 Å². The highest BCUT2D eigenvalue weighted by Crippen LogP contribution is 2.42. The minimum atomic E-state index is 0.281. The molecule has 1 unspecified atom stereocenters. The maximum atomic E-state index is 12.6. The molecule has 1 aromatic heterocycles. The fraction of sp³-hybridized carbons (Fsp3) is 0.737. The standard InChI is InChI=1S/C19H28N2OS/c1-13-4-2-3-5-16(13)20-18(22)12-21-10-8-17-15(9-11-23-17)19(21)14-6-7-14/h9,11,13-14,16,19H,2-8,10,12H2,1H3,(H,20,22)/p+1/t13-,16-,19+/m1/s1. The van der Waals surface area contributed by atoms with Gasteiger partial charge in [0.2, 0.25) is 0 Å². The molecule has 4 atom stereocenters. The molecule has 3 aliphatic rings. The van der Waals surface area contributed by atoms with Crippen molar-refractivity contribution in [2.75, 3.05) is 13.1 Å². The zero-order valence-corrected chi connectivity index (χ0v) is 15.0. The summed E-state index contributed by atoms with van der Waals surface area (Å²) in [6.07, 6.45) is 8.89. The Morgan fingerprint density at radius 1 is 1.30 bits per heavy atom. The van der Waals surface area contributed by atoms with Crippen LogP contribution in [0.2, 0.25) is 0 Å². The van der Waals surface area contributed by atoms with Crippen molar-refractivity contribution >= 4 is 17.2 Å². The average molecular weight is 334 g/mol. The normalized spacial score (nSPS) is 34.0. The van der Waals surface area contributed by atoms with E-state index in [1.54, 1.807) is 10.4 Å². The molecule has 1 amide bonds. The Labute approximate surface area is 143 Å². The van der Waals surface area contributed by atoms with Crippen LogP contribution in [0.15, 0.2) is 11.4 Å². The lowest BCUT2D eigenvalue weighted by Crippen LogP contribution is -3.14. The van der Waals surface area contributed by atoms with Gasteiger partial charge in [-0.3, -0.25) is 4.79 Å². The molecule has 23 heavy (non-hydrogen) atoms. The van der Waals surface area contributed by atoms with E-state index < -0.39 is 0 Å². The summed E-state index contributed by atoms with van der Waals surface area (Å²) in [5, 5.41) is 5.60. The number of hydrogen-bond acceptors (Lipinski definition) is 2. The summed E-state index contributed by atoms with van der Waals surface area (Å²) in [5.74, 6) is 1.75. The van der Waals surface area contributed by atoms with Gasteiger partial charge < -0.3 is 10.2 Å². The van der Waals surface area contributed by atoms with Crippen molar-refractivity contribution in [3.8, 4) is 0 Å². The van der Waals surface area contributed by atoms with Crippen LogP contribution in [0.25, 0.3) is 0 Å². The fourth-order valence-corrected chi connectivity index (χ4v) is 5.62. The Hall–Kier alpha value is -0.870. The highest BCUT2D eigenvalue weighted by molar-refractivity contribution is 7.10. The average Bonchev–Trinajstić information content (AvgIpc) is 3.26. The van der Waals surface area contributed by atoms with Gasteiger partial charge in [-0.25, -0.2) is 0 Å². The third kappa shape index (κ3) is 3.34. The number of carbonyl (C=O) groups is 1. The number of hydrogen-bond donors (Lipinski definition) is 2. The molecule has 0 bridgehead atoms. The van der Waals surface area contributed by atoms with Crippen LogP contribution in [-0.2, 0) is 11.2 Å². The van der Waals surface area contributed by atoms with Gasteiger partial charge in [0.15, 0.2) is 6.54 Å². The van der Waals surface area contributed by atoms with Crippen molar-refractivity contribution in [1.82, 2.24) is 5.32 Å². The van der Waals surface area contributed by atoms with Gasteiger partial charge in [-0.2, -0.15) is 0 Å². The second-order valence-electron chi connectivity index (χ2n) is 7.88. The van der Waals surface area contributed by atoms with Crippen LogP contribution >= 0.6 is 11.3 Å². The zero-order chi connectivity index (χ0) is 15.8. The molecule has 2 N–H and O–H groups in total. The fourth-order valence-electron chi connectivity index (χ4n) is 4.69. The Morgan fingerprint density at radius 3 is 2.91 bits per heavy atom. The number of fused-ring (bicyclic) bond motifs is 1. The Morgan fingerprint density at radius 2 is 2.13 bits per heavy atom. The summed E-state index contributed by atoms with van der Waals surface area (Å²) in [6, 6.07) is 3.32. The molecule has 0 saturated heterocycles. The van der Waals surface area contributed by atoms with E-state index in [-0.39, 0.29) is 5.91 Å². The quantitative estimate of drug-likeness (QED) is 0.871. The molecule has 1 aromatic rings. The first kappa shape index (κ1) is 15.6. The minimum Gasteiger partial charge on any atom is -0.348 e. The van der Waals surface area contributed by atoms with E-state index in [9.17, 15) is 4.79 Å². The summed E-state index contributed by atoms with van der Waals surface area (Å²) in [7, 11) is 0. The summed E-state index contributed by atoms with van der Waals surface area (Å²) in [6.45, 7) is 4.09. The van der Waals surface area contributed by atoms with E-state index in [0.29, 0.717) is 24.5 Å². The maximum Gasteiger partial charge on any atom is 0.275 e. The van der Waals surface area contributed by atoms with E-state index in [2.05, 4.69) is 23.7 Å². The minimum absolute atomic E-state index is 0.281. The van der Waals surface area contributed by atoms with Crippen molar-refractivity contribution in [1.29, 1.82) is 0 Å². The van der Waals surface area contributed by atoms with E-state index >= 15 is 0 Å². The monoisotopic (exact) mass is 333 g/mol.